The van der Waals surface area contributed by atoms with Crippen LogP contribution in [0.4, 0.5) is 0 Å². The summed E-state index contributed by atoms with van der Waals surface area (Å²) in [5, 5.41) is 33.1. The van der Waals surface area contributed by atoms with Gasteiger partial charge in [0, 0.05) is 36.0 Å². The number of aliphatic hydroxyl groups is 1. The summed E-state index contributed by atoms with van der Waals surface area (Å²) < 4.78 is 7.62. The first kappa shape index (κ1) is 21.7. The normalized spacial score (nSPS) is 11.4. The Kier molecular flexibility index (Phi) is 6.09. The van der Waals surface area contributed by atoms with Crippen molar-refractivity contribution in [2.24, 2.45) is 5.73 Å². The molecular formula is C24H19N7O2. The lowest BCUT2D eigenvalue weighted by molar-refractivity contribution is 0.186. The minimum absolute atomic E-state index is 0.0651. The fourth-order valence-electron chi connectivity index (χ4n) is 3.28. The maximum atomic E-state index is 10.00. The molecule has 0 unspecified atom stereocenters. The molecule has 0 amide bonds. The van der Waals surface area contributed by atoms with E-state index < -0.39 is 6.10 Å². The summed E-state index contributed by atoms with van der Waals surface area (Å²) in [6.07, 6.45) is 2.32. The Morgan fingerprint density at radius 1 is 1.12 bits per heavy atom. The summed E-state index contributed by atoms with van der Waals surface area (Å²) in [5.41, 5.74) is 8.71. The number of aryl methyl sites for hydroxylation is 1. The average Bonchev–Trinajstić information content (AvgIpc) is 3.33. The Morgan fingerprint density at radius 2 is 1.94 bits per heavy atom. The number of benzene rings is 2. The second-order valence-electron chi connectivity index (χ2n) is 7.16. The fourth-order valence-corrected chi connectivity index (χ4v) is 3.28. The smallest absolute Gasteiger partial charge is 0.223 e. The van der Waals surface area contributed by atoms with Gasteiger partial charge in [0.25, 0.3) is 0 Å². The first-order valence-electron chi connectivity index (χ1n) is 10.0. The summed E-state index contributed by atoms with van der Waals surface area (Å²) in [5.74, 6) is 1.04. The van der Waals surface area contributed by atoms with E-state index in [-0.39, 0.29) is 12.4 Å². The van der Waals surface area contributed by atoms with E-state index >= 15 is 0 Å². The largest absolute Gasteiger partial charge is 0.437 e. The van der Waals surface area contributed by atoms with Crippen LogP contribution in [0.15, 0.2) is 60.9 Å². The van der Waals surface area contributed by atoms with Gasteiger partial charge in [-0.2, -0.15) is 20.6 Å². The van der Waals surface area contributed by atoms with Gasteiger partial charge in [0.15, 0.2) is 5.75 Å². The summed E-state index contributed by atoms with van der Waals surface area (Å²) in [4.78, 5) is 8.81. The molecule has 0 spiro atoms. The van der Waals surface area contributed by atoms with Crippen molar-refractivity contribution in [1.82, 2.24) is 19.7 Å². The molecule has 0 aliphatic rings. The number of nitriles is 2. The van der Waals surface area contributed by atoms with E-state index in [0.29, 0.717) is 45.2 Å². The van der Waals surface area contributed by atoms with Crippen molar-refractivity contribution in [1.29, 1.82) is 10.5 Å². The van der Waals surface area contributed by atoms with Crippen LogP contribution in [0.5, 0.6) is 11.6 Å². The monoisotopic (exact) mass is 437 g/mol. The Hall–Kier alpha value is -4.57. The van der Waals surface area contributed by atoms with Crippen molar-refractivity contribution in [3.63, 3.8) is 0 Å². The second-order valence-corrected chi connectivity index (χ2v) is 7.16. The molecule has 0 aliphatic carbocycles. The van der Waals surface area contributed by atoms with Gasteiger partial charge in [0.2, 0.25) is 5.88 Å². The van der Waals surface area contributed by atoms with Crippen LogP contribution in [0.2, 0.25) is 0 Å². The first-order chi connectivity index (χ1) is 16.0. The van der Waals surface area contributed by atoms with E-state index in [1.54, 1.807) is 55.6 Å². The van der Waals surface area contributed by atoms with Gasteiger partial charge >= 0.3 is 0 Å². The van der Waals surface area contributed by atoms with E-state index in [1.165, 1.54) is 10.9 Å². The third kappa shape index (κ3) is 4.55. The number of hydrogen-bond donors (Lipinski definition) is 2. The van der Waals surface area contributed by atoms with E-state index in [0.717, 1.165) is 0 Å². The molecule has 0 fully saturated rings. The van der Waals surface area contributed by atoms with E-state index in [1.807, 2.05) is 6.07 Å². The summed E-state index contributed by atoms with van der Waals surface area (Å²) in [6.45, 7) is 1.79. The van der Waals surface area contributed by atoms with Crippen LogP contribution >= 0.6 is 0 Å². The van der Waals surface area contributed by atoms with Gasteiger partial charge in [-0.1, -0.05) is 18.2 Å². The van der Waals surface area contributed by atoms with Crippen LogP contribution in [0.3, 0.4) is 0 Å². The lowest BCUT2D eigenvalue weighted by atomic mass is 10.1. The van der Waals surface area contributed by atoms with Crippen LogP contribution in [-0.2, 0) is 0 Å². The number of ether oxygens (including phenoxy) is 1. The topological polar surface area (TPSA) is 147 Å². The zero-order chi connectivity index (χ0) is 23.4. The molecule has 2 aromatic carbocycles. The maximum Gasteiger partial charge on any atom is 0.223 e. The second kappa shape index (κ2) is 9.28. The lowest BCUT2D eigenvalue weighted by Crippen LogP contribution is -2.10. The summed E-state index contributed by atoms with van der Waals surface area (Å²) in [6, 6.07) is 17.9. The summed E-state index contributed by atoms with van der Waals surface area (Å²) in [7, 11) is 0. The predicted octanol–water partition coefficient (Wildman–Crippen LogP) is 3.17. The van der Waals surface area contributed by atoms with Crippen LogP contribution in [0.1, 0.15) is 28.6 Å². The quantitative estimate of drug-likeness (QED) is 0.467. The third-order valence-electron chi connectivity index (χ3n) is 4.90. The number of nitrogens with two attached hydrogens (primary N) is 1. The molecule has 0 bridgehead atoms. The van der Waals surface area contributed by atoms with Crippen molar-refractivity contribution in [3.8, 4) is 40.7 Å². The predicted molar refractivity (Wildman–Crippen MR) is 119 cm³/mol. The maximum absolute atomic E-state index is 10.00. The Labute approximate surface area is 190 Å². The van der Waals surface area contributed by atoms with Crippen molar-refractivity contribution in [2.75, 3.05) is 6.54 Å². The Bertz CT molecular complexity index is 1400. The highest BCUT2D eigenvalue weighted by Crippen LogP contribution is 2.31. The molecule has 1 atom stereocenters. The Morgan fingerprint density at radius 3 is 2.70 bits per heavy atom. The van der Waals surface area contributed by atoms with Gasteiger partial charge in [-0.05, 0) is 25.1 Å². The number of aromatic nitrogens is 4. The molecule has 0 saturated heterocycles. The van der Waals surface area contributed by atoms with Gasteiger partial charge in [-0.15, -0.1) is 0 Å². The highest BCUT2D eigenvalue weighted by molar-refractivity contribution is 5.68. The number of hydrogen-bond acceptors (Lipinski definition) is 8. The molecule has 4 aromatic rings. The molecule has 2 aromatic heterocycles. The first-order valence-corrected chi connectivity index (χ1v) is 10.0. The third-order valence-corrected chi connectivity index (χ3v) is 4.90. The number of aliphatic hydroxyl groups excluding tert-OH is 1. The van der Waals surface area contributed by atoms with Gasteiger partial charge in [0.1, 0.15) is 11.5 Å². The fraction of sp³-hybridized carbons (Fsp3) is 0.125. The van der Waals surface area contributed by atoms with E-state index in [9.17, 15) is 15.6 Å². The number of nitrogens with zero attached hydrogens (tertiary/aromatic N) is 6. The number of rotatable bonds is 6. The van der Waals surface area contributed by atoms with Crippen LogP contribution in [0.25, 0.3) is 16.9 Å². The molecule has 9 nitrogen and oxygen atoms in total. The van der Waals surface area contributed by atoms with Gasteiger partial charge in [0.05, 0.1) is 41.3 Å². The highest BCUT2D eigenvalue weighted by Gasteiger charge is 2.15. The van der Waals surface area contributed by atoms with Crippen LogP contribution in [-0.4, -0.2) is 31.4 Å². The van der Waals surface area contributed by atoms with Crippen LogP contribution < -0.4 is 10.5 Å². The lowest BCUT2D eigenvalue weighted by Gasteiger charge is -2.13. The van der Waals surface area contributed by atoms with Gasteiger partial charge < -0.3 is 15.6 Å². The minimum atomic E-state index is -0.839. The molecule has 9 heteroatoms. The highest BCUT2D eigenvalue weighted by atomic mass is 16.5. The molecule has 0 aliphatic heterocycles. The van der Waals surface area contributed by atoms with Crippen molar-refractivity contribution >= 4 is 0 Å². The molecule has 162 valence electrons. The SMILES string of the molecule is Cc1nc(Oc2cc(C#N)ccc2-n2cc([C@H](O)CN)cn2)cc(-c2ccccc2C#N)n1. The average molecular weight is 437 g/mol. The summed E-state index contributed by atoms with van der Waals surface area (Å²) >= 11 is 0. The van der Waals surface area contributed by atoms with Gasteiger partial charge in [-0.25, -0.2) is 9.67 Å². The van der Waals surface area contributed by atoms with Crippen molar-refractivity contribution < 1.29 is 9.84 Å². The zero-order valence-electron chi connectivity index (χ0n) is 17.7. The van der Waals surface area contributed by atoms with E-state index in [2.05, 4.69) is 27.2 Å². The molecule has 33 heavy (non-hydrogen) atoms. The molecular weight excluding hydrogens is 418 g/mol. The minimum Gasteiger partial charge on any atom is -0.437 e. The molecule has 0 radical (unpaired) electrons. The van der Waals surface area contributed by atoms with E-state index in [4.69, 9.17) is 10.5 Å². The molecule has 0 saturated carbocycles. The zero-order valence-corrected chi connectivity index (χ0v) is 17.7. The van der Waals surface area contributed by atoms with Crippen molar-refractivity contribution in [2.45, 2.75) is 13.0 Å². The molecule has 4 rings (SSSR count). The van der Waals surface area contributed by atoms with Crippen molar-refractivity contribution in [3.05, 3.63) is 83.4 Å². The molecule has 2 heterocycles. The van der Waals surface area contributed by atoms with Crippen LogP contribution in [0, 0.1) is 29.6 Å². The molecule has 3 N–H and O–H groups in total. The standard InChI is InChI=1S/C24H19N7O2/c1-15-29-20(19-5-3-2-4-17(19)11-26)9-24(30-15)33-23-8-16(10-25)6-7-21(23)31-14-18(13-28-31)22(32)12-27/h2-9,13-14,22,32H,12,27H2,1H3/t22-/m1/s1. The van der Waals surface area contributed by atoms with Gasteiger partial charge in [-0.3, -0.25) is 0 Å². The Balaban J connectivity index is 1.77.